The summed E-state index contributed by atoms with van der Waals surface area (Å²) in [6.07, 6.45) is 12.9. The lowest BCUT2D eigenvalue weighted by molar-refractivity contribution is 0.299. The minimum absolute atomic E-state index is 0.281. The summed E-state index contributed by atoms with van der Waals surface area (Å²) in [5.74, 6) is 2.43. The normalized spacial score (nSPS) is 15.4. The van der Waals surface area contributed by atoms with Crippen LogP contribution in [-0.2, 0) is 0 Å². The number of phenolic OH excluding ortho intramolecular Hbond substituents is 1. The third-order valence-corrected chi connectivity index (χ3v) is 5.48. The predicted octanol–water partition coefficient (Wildman–Crippen LogP) is 6.12. The standard InChI is InChI=1S/C28H34NO2/c1-4-27(22-10-6-7-11-22)28(23-12-16-25(30)17-13-23)24-14-18-26(19-15-24)31-21-9-5-8-20-29(2)3/h6-7,10-19,30H,4-5,8-9,20-21H2,1-3H3/b28-27-. The summed E-state index contributed by atoms with van der Waals surface area (Å²) in [7, 11) is 4.22. The number of hydrogen-bond acceptors (Lipinski definition) is 3. The van der Waals surface area contributed by atoms with Gasteiger partial charge in [-0.1, -0.05) is 36.8 Å². The fourth-order valence-corrected chi connectivity index (χ4v) is 3.86. The van der Waals surface area contributed by atoms with E-state index in [0.717, 1.165) is 42.9 Å². The fourth-order valence-electron chi connectivity index (χ4n) is 3.86. The molecule has 0 bridgehead atoms. The molecule has 1 aliphatic carbocycles. The van der Waals surface area contributed by atoms with Crippen LogP contribution in [0, 0.1) is 31.6 Å². The van der Waals surface area contributed by atoms with Crippen LogP contribution in [0.4, 0.5) is 0 Å². The van der Waals surface area contributed by atoms with Crippen molar-refractivity contribution >= 4 is 5.57 Å². The molecule has 1 aliphatic rings. The van der Waals surface area contributed by atoms with Crippen molar-refractivity contribution in [2.75, 3.05) is 27.2 Å². The summed E-state index contributed by atoms with van der Waals surface area (Å²) in [6, 6.07) is 15.9. The maximum Gasteiger partial charge on any atom is 0.119 e. The van der Waals surface area contributed by atoms with E-state index in [-0.39, 0.29) is 5.75 Å². The summed E-state index contributed by atoms with van der Waals surface area (Å²) in [4.78, 5) is 2.22. The number of hydrogen-bond donors (Lipinski definition) is 1. The van der Waals surface area contributed by atoms with Crippen molar-refractivity contribution in [3.05, 3.63) is 96.8 Å². The zero-order valence-electron chi connectivity index (χ0n) is 19.0. The maximum atomic E-state index is 9.75. The average Bonchev–Trinajstić information content (AvgIpc) is 3.30. The molecule has 1 saturated carbocycles. The molecule has 0 unspecified atom stereocenters. The van der Waals surface area contributed by atoms with Crippen molar-refractivity contribution in [2.45, 2.75) is 32.6 Å². The Labute approximate surface area is 188 Å². The molecule has 31 heavy (non-hydrogen) atoms. The van der Waals surface area contributed by atoms with E-state index in [0.29, 0.717) is 0 Å². The Morgan fingerprint density at radius 1 is 0.839 bits per heavy atom. The van der Waals surface area contributed by atoms with Crippen molar-refractivity contribution in [1.82, 2.24) is 4.90 Å². The molecule has 0 atom stereocenters. The number of nitrogens with zero attached hydrogens (tertiary/aromatic N) is 1. The third-order valence-electron chi connectivity index (χ3n) is 5.48. The molecule has 1 fully saturated rings. The van der Waals surface area contributed by atoms with E-state index in [9.17, 15) is 5.11 Å². The van der Waals surface area contributed by atoms with Crippen LogP contribution >= 0.6 is 0 Å². The van der Waals surface area contributed by atoms with E-state index >= 15 is 0 Å². The van der Waals surface area contributed by atoms with Gasteiger partial charge in [-0.05, 0) is 113 Å². The van der Waals surface area contributed by atoms with Gasteiger partial charge in [-0.25, -0.2) is 0 Å². The number of phenols is 1. The summed E-state index contributed by atoms with van der Waals surface area (Å²) < 4.78 is 5.97. The summed E-state index contributed by atoms with van der Waals surface area (Å²) in [5.41, 5.74) is 4.75. The van der Waals surface area contributed by atoms with Crippen LogP contribution in [-0.4, -0.2) is 37.3 Å². The van der Waals surface area contributed by atoms with Gasteiger partial charge in [-0.15, -0.1) is 0 Å². The van der Waals surface area contributed by atoms with Gasteiger partial charge in [-0.3, -0.25) is 0 Å². The Balaban J connectivity index is 1.74. The van der Waals surface area contributed by atoms with Gasteiger partial charge in [0.25, 0.3) is 0 Å². The molecule has 3 heteroatoms. The highest BCUT2D eigenvalue weighted by atomic mass is 16.5. The van der Waals surface area contributed by atoms with Gasteiger partial charge < -0.3 is 14.7 Å². The Hall–Kier alpha value is -2.26. The SMILES string of the molecule is CC/C([C]1[CH][CH][CH][CH]1)=C(\c1ccc(O)cc1)c1ccc(OCCCCCN(C)C)cc1. The molecule has 0 heterocycles. The van der Waals surface area contributed by atoms with Gasteiger partial charge in [0.2, 0.25) is 0 Å². The van der Waals surface area contributed by atoms with Crippen LogP contribution < -0.4 is 4.74 Å². The molecular formula is C28H34NO2. The molecule has 0 aliphatic heterocycles. The first-order valence-electron chi connectivity index (χ1n) is 11.2. The summed E-state index contributed by atoms with van der Waals surface area (Å²) in [5, 5.41) is 9.75. The van der Waals surface area contributed by atoms with Gasteiger partial charge in [-0.2, -0.15) is 0 Å². The van der Waals surface area contributed by atoms with Crippen molar-refractivity contribution in [3.63, 3.8) is 0 Å². The van der Waals surface area contributed by atoms with Gasteiger partial charge in [0.15, 0.2) is 0 Å². The maximum absolute atomic E-state index is 9.75. The van der Waals surface area contributed by atoms with Crippen molar-refractivity contribution in [2.24, 2.45) is 0 Å². The van der Waals surface area contributed by atoms with Crippen LogP contribution in [0.2, 0.25) is 0 Å². The number of aromatic hydroxyl groups is 1. The van der Waals surface area contributed by atoms with E-state index in [4.69, 9.17) is 4.74 Å². The molecule has 1 N–H and O–H groups in total. The van der Waals surface area contributed by atoms with Gasteiger partial charge in [0.1, 0.15) is 11.5 Å². The molecule has 3 nitrogen and oxygen atoms in total. The van der Waals surface area contributed by atoms with Gasteiger partial charge in [0, 0.05) is 5.92 Å². The number of unbranched alkanes of at least 4 members (excludes halogenated alkanes) is 2. The minimum atomic E-state index is 0.281. The van der Waals surface area contributed by atoms with Crippen LogP contribution in [0.25, 0.3) is 5.57 Å². The van der Waals surface area contributed by atoms with Crippen LogP contribution in [0.15, 0.2) is 54.1 Å². The average molecular weight is 417 g/mol. The zero-order valence-corrected chi connectivity index (χ0v) is 19.0. The minimum Gasteiger partial charge on any atom is -0.508 e. The van der Waals surface area contributed by atoms with Crippen molar-refractivity contribution < 1.29 is 9.84 Å². The highest BCUT2D eigenvalue weighted by molar-refractivity contribution is 5.85. The van der Waals surface area contributed by atoms with E-state index in [1.54, 1.807) is 12.1 Å². The predicted molar refractivity (Wildman–Crippen MR) is 129 cm³/mol. The summed E-state index contributed by atoms with van der Waals surface area (Å²) in [6.45, 7) is 4.07. The van der Waals surface area contributed by atoms with E-state index in [1.165, 1.54) is 29.9 Å². The highest BCUT2D eigenvalue weighted by Gasteiger charge is 2.24. The Kier molecular flexibility index (Phi) is 9.02. The first kappa shape index (κ1) is 23.4. The lowest BCUT2D eigenvalue weighted by Crippen LogP contribution is -2.13. The Morgan fingerprint density at radius 3 is 2.03 bits per heavy atom. The van der Waals surface area contributed by atoms with Crippen LogP contribution in [0.1, 0.15) is 43.7 Å². The molecule has 0 amide bonds. The lowest BCUT2D eigenvalue weighted by Gasteiger charge is -2.20. The van der Waals surface area contributed by atoms with E-state index in [2.05, 4.69) is 75.9 Å². The molecule has 3 rings (SSSR count). The number of benzene rings is 2. The molecule has 2 aromatic carbocycles. The number of ether oxygens (including phenoxy) is 1. The second-order valence-corrected chi connectivity index (χ2v) is 8.16. The topological polar surface area (TPSA) is 32.7 Å². The van der Waals surface area contributed by atoms with E-state index < -0.39 is 0 Å². The molecule has 0 saturated heterocycles. The second-order valence-electron chi connectivity index (χ2n) is 8.16. The fraction of sp³-hybridized carbons (Fsp3) is 0.321. The zero-order chi connectivity index (χ0) is 22.1. The number of allylic oxidation sites excluding steroid dienone is 1. The van der Waals surface area contributed by atoms with Crippen LogP contribution in [0.3, 0.4) is 0 Å². The Morgan fingerprint density at radius 2 is 1.45 bits per heavy atom. The first-order chi connectivity index (χ1) is 15.1. The molecule has 0 aromatic heterocycles. The van der Waals surface area contributed by atoms with Crippen LogP contribution in [0.5, 0.6) is 11.5 Å². The third kappa shape index (κ3) is 6.87. The Bertz CT molecular complexity index is 815. The molecule has 163 valence electrons. The molecule has 0 spiro atoms. The highest BCUT2D eigenvalue weighted by Crippen LogP contribution is 2.40. The smallest absolute Gasteiger partial charge is 0.119 e. The van der Waals surface area contributed by atoms with Crippen molar-refractivity contribution in [1.29, 1.82) is 0 Å². The number of rotatable bonds is 11. The molecule has 5 radical (unpaired) electrons. The van der Waals surface area contributed by atoms with E-state index in [1.807, 2.05) is 12.1 Å². The largest absolute Gasteiger partial charge is 0.508 e. The van der Waals surface area contributed by atoms with Gasteiger partial charge >= 0.3 is 0 Å². The first-order valence-corrected chi connectivity index (χ1v) is 11.2. The quantitative estimate of drug-likeness (QED) is 0.448. The van der Waals surface area contributed by atoms with Gasteiger partial charge in [0.05, 0.1) is 6.61 Å². The molecule has 2 aromatic rings. The monoisotopic (exact) mass is 416 g/mol. The summed E-state index contributed by atoms with van der Waals surface area (Å²) >= 11 is 0. The second kappa shape index (κ2) is 12.0. The van der Waals surface area contributed by atoms with Crippen molar-refractivity contribution in [3.8, 4) is 11.5 Å². The molecular weight excluding hydrogens is 382 g/mol. The lowest BCUT2D eigenvalue weighted by atomic mass is 9.84.